The second-order valence-electron chi connectivity index (χ2n) is 6.47. The first-order chi connectivity index (χ1) is 12.6. The second kappa shape index (κ2) is 7.68. The molecule has 1 aliphatic rings. The van der Waals surface area contributed by atoms with E-state index in [0.29, 0.717) is 17.2 Å². The van der Waals surface area contributed by atoms with Crippen molar-refractivity contribution in [2.75, 3.05) is 21.3 Å². The Morgan fingerprint density at radius 2 is 1.58 bits per heavy atom. The highest BCUT2D eigenvalue weighted by Crippen LogP contribution is 2.46. The van der Waals surface area contributed by atoms with Crippen molar-refractivity contribution in [2.45, 2.75) is 31.7 Å². The second-order valence-corrected chi connectivity index (χ2v) is 6.47. The molecule has 1 aliphatic carbocycles. The minimum absolute atomic E-state index is 0.00367. The van der Waals surface area contributed by atoms with Gasteiger partial charge < -0.3 is 19.5 Å². The highest BCUT2D eigenvalue weighted by molar-refractivity contribution is 5.73. The Bertz CT molecular complexity index is 777. The van der Waals surface area contributed by atoms with Gasteiger partial charge in [-0.1, -0.05) is 24.3 Å². The zero-order valence-electron chi connectivity index (χ0n) is 15.7. The molecule has 26 heavy (non-hydrogen) atoms. The summed E-state index contributed by atoms with van der Waals surface area (Å²) >= 11 is 0. The van der Waals surface area contributed by atoms with Crippen LogP contribution in [0.4, 0.5) is 0 Å². The van der Waals surface area contributed by atoms with Crippen LogP contribution in [0.2, 0.25) is 0 Å². The summed E-state index contributed by atoms with van der Waals surface area (Å²) in [5.41, 5.74) is 3.52. The highest BCUT2D eigenvalue weighted by atomic mass is 16.5. The summed E-state index contributed by atoms with van der Waals surface area (Å²) in [7, 11) is 4.86. The molecule has 1 amide bonds. The lowest BCUT2D eigenvalue weighted by Gasteiger charge is -2.32. The number of hydrogen-bond donors (Lipinski definition) is 1. The van der Waals surface area contributed by atoms with Crippen LogP contribution in [-0.2, 0) is 4.79 Å². The van der Waals surface area contributed by atoms with Crippen LogP contribution in [0.15, 0.2) is 36.4 Å². The summed E-state index contributed by atoms with van der Waals surface area (Å²) in [6, 6.07) is 12.4. The average Bonchev–Trinajstić information content (AvgIpc) is 2.66. The van der Waals surface area contributed by atoms with Crippen molar-refractivity contribution in [3.63, 3.8) is 0 Å². The molecule has 0 radical (unpaired) electrons. The molecule has 1 N–H and O–H groups in total. The van der Waals surface area contributed by atoms with Crippen LogP contribution in [0, 0.1) is 0 Å². The van der Waals surface area contributed by atoms with E-state index in [0.717, 1.165) is 18.4 Å². The van der Waals surface area contributed by atoms with Crippen molar-refractivity contribution in [2.24, 2.45) is 0 Å². The van der Waals surface area contributed by atoms with Gasteiger partial charge in [0.05, 0.1) is 27.4 Å². The van der Waals surface area contributed by atoms with E-state index in [-0.39, 0.29) is 17.9 Å². The molecule has 5 nitrogen and oxygen atoms in total. The van der Waals surface area contributed by atoms with E-state index in [2.05, 4.69) is 17.4 Å². The molecule has 2 atom stereocenters. The van der Waals surface area contributed by atoms with Gasteiger partial charge in [0.1, 0.15) is 0 Å². The van der Waals surface area contributed by atoms with E-state index in [1.54, 1.807) is 28.3 Å². The van der Waals surface area contributed by atoms with Crippen LogP contribution >= 0.6 is 0 Å². The van der Waals surface area contributed by atoms with Gasteiger partial charge in [-0.05, 0) is 41.7 Å². The first kappa shape index (κ1) is 18.1. The molecule has 0 saturated heterocycles. The van der Waals surface area contributed by atoms with Crippen LogP contribution in [-0.4, -0.2) is 27.2 Å². The van der Waals surface area contributed by atoms with Crippen molar-refractivity contribution >= 4 is 5.91 Å². The standard InChI is InChI=1S/C21H25NO4/c1-13(23)22-18-10-9-15(16-7-5-6-8-17(16)18)14-11-19(24-2)21(26-4)20(12-14)25-3/h5-8,11-12,15,18H,9-10H2,1-4H3,(H,22,23)/t15?,18-/m1/s1. The number of carbonyl (C=O) groups excluding carboxylic acids is 1. The van der Waals surface area contributed by atoms with Gasteiger partial charge in [0.25, 0.3) is 0 Å². The Balaban J connectivity index is 2.06. The van der Waals surface area contributed by atoms with Crippen LogP contribution in [0.1, 0.15) is 48.4 Å². The van der Waals surface area contributed by atoms with Gasteiger partial charge in [0.15, 0.2) is 11.5 Å². The van der Waals surface area contributed by atoms with Gasteiger partial charge in [0.2, 0.25) is 11.7 Å². The Kier molecular flexibility index (Phi) is 5.35. The first-order valence-corrected chi connectivity index (χ1v) is 8.74. The normalized spacial score (nSPS) is 18.6. The molecule has 0 saturated carbocycles. The zero-order chi connectivity index (χ0) is 18.7. The number of carbonyl (C=O) groups is 1. The van der Waals surface area contributed by atoms with E-state index in [4.69, 9.17) is 14.2 Å². The number of hydrogen-bond acceptors (Lipinski definition) is 4. The molecule has 5 heteroatoms. The van der Waals surface area contributed by atoms with Crippen LogP contribution in [0.25, 0.3) is 0 Å². The predicted molar refractivity (Wildman–Crippen MR) is 100 cm³/mol. The van der Waals surface area contributed by atoms with Crippen LogP contribution in [0.3, 0.4) is 0 Å². The summed E-state index contributed by atoms with van der Waals surface area (Å²) in [5.74, 6) is 2.12. The lowest BCUT2D eigenvalue weighted by molar-refractivity contribution is -0.119. The van der Waals surface area contributed by atoms with E-state index >= 15 is 0 Å². The lowest BCUT2D eigenvalue weighted by atomic mass is 9.76. The number of ether oxygens (including phenoxy) is 3. The molecule has 0 aromatic heterocycles. The van der Waals surface area contributed by atoms with Crippen LogP contribution < -0.4 is 19.5 Å². The summed E-state index contributed by atoms with van der Waals surface area (Å²) in [6.45, 7) is 1.56. The van der Waals surface area contributed by atoms with Crippen molar-refractivity contribution in [3.05, 3.63) is 53.1 Å². The lowest BCUT2D eigenvalue weighted by Crippen LogP contribution is -2.30. The van der Waals surface area contributed by atoms with Crippen molar-refractivity contribution in [1.82, 2.24) is 5.32 Å². The molecular formula is C21H25NO4. The molecule has 0 aliphatic heterocycles. The SMILES string of the molecule is COc1cc(C2CC[C@@H](NC(C)=O)c3ccccc32)cc(OC)c1OC. The fourth-order valence-electron chi connectivity index (χ4n) is 3.83. The third kappa shape index (κ3) is 3.34. The topological polar surface area (TPSA) is 56.8 Å². The third-order valence-electron chi connectivity index (χ3n) is 4.96. The smallest absolute Gasteiger partial charge is 0.217 e. The molecule has 0 spiro atoms. The molecule has 2 aromatic rings. The highest BCUT2D eigenvalue weighted by Gasteiger charge is 2.29. The Labute approximate surface area is 154 Å². The first-order valence-electron chi connectivity index (χ1n) is 8.74. The number of rotatable bonds is 5. The minimum Gasteiger partial charge on any atom is -0.493 e. The summed E-state index contributed by atoms with van der Waals surface area (Å²) in [6.07, 6.45) is 1.82. The number of fused-ring (bicyclic) bond motifs is 1. The van der Waals surface area contributed by atoms with Gasteiger partial charge in [0, 0.05) is 12.8 Å². The number of amides is 1. The van der Waals surface area contributed by atoms with Crippen molar-refractivity contribution in [1.29, 1.82) is 0 Å². The fourth-order valence-corrected chi connectivity index (χ4v) is 3.83. The maximum atomic E-state index is 11.6. The summed E-state index contributed by atoms with van der Waals surface area (Å²) in [5, 5.41) is 3.06. The monoisotopic (exact) mass is 355 g/mol. The molecule has 0 fully saturated rings. The fraction of sp³-hybridized carbons (Fsp3) is 0.381. The molecule has 3 rings (SSSR count). The van der Waals surface area contributed by atoms with Gasteiger partial charge in [-0.2, -0.15) is 0 Å². The molecule has 0 bridgehead atoms. The largest absolute Gasteiger partial charge is 0.493 e. The van der Waals surface area contributed by atoms with E-state index in [1.807, 2.05) is 24.3 Å². The average molecular weight is 355 g/mol. The number of methoxy groups -OCH3 is 3. The quantitative estimate of drug-likeness (QED) is 0.886. The van der Waals surface area contributed by atoms with E-state index in [1.165, 1.54) is 11.1 Å². The Morgan fingerprint density at radius 3 is 2.12 bits per heavy atom. The zero-order valence-corrected chi connectivity index (χ0v) is 15.7. The molecule has 1 unspecified atom stereocenters. The maximum absolute atomic E-state index is 11.6. The van der Waals surface area contributed by atoms with Gasteiger partial charge in [-0.3, -0.25) is 4.79 Å². The predicted octanol–water partition coefficient (Wildman–Crippen LogP) is 3.82. The van der Waals surface area contributed by atoms with Gasteiger partial charge >= 0.3 is 0 Å². The number of benzene rings is 2. The summed E-state index contributed by atoms with van der Waals surface area (Å²) < 4.78 is 16.5. The molecule has 138 valence electrons. The molecule has 0 heterocycles. The van der Waals surface area contributed by atoms with Crippen LogP contribution in [0.5, 0.6) is 17.2 Å². The molecular weight excluding hydrogens is 330 g/mol. The summed E-state index contributed by atoms with van der Waals surface area (Å²) in [4.78, 5) is 11.6. The number of nitrogens with one attached hydrogen (secondary N) is 1. The van der Waals surface area contributed by atoms with Gasteiger partial charge in [-0.25, -0.2) is 0 Å². The third-order valence-corrected chi connectivity index (χ3v) is 4.96. The van der Waals surface area contributed by atoms with E-state index < -0.39 is 0 Å². The minimum atomic E-state index is -0.00367. The van der Waals surface area contributed by atoms with Gasteiger partial charge in [-0.15, -0.1) is 0 Å². The maximum Gasteiger partial charge on any atom is 0.217 e. The van der Waals surface area contributed by atoms with Crippen molar-refractivity contribution in [3.8, 4) is 17.2 Å². The molecule has 2 aromatic carbocycles. The van der Waals surface area contributed by atoms with E-state index in [9.17, 15) is 4.79 Å². The Hall–Kier alpha value is -2.69. The Morgan fingerprint density at radius 1 is 0.962 bits per heavy atom. The van der Waals surface area contributed by atoms with Crippen molar-refractivity contribution < 1.29 is 19.0 Å².